The molecule has 0 rings (SSSR count). The van der Waals surface area contributed by atoms with Crippen LogP contribution in [-0.4, -0.2) is 6.10 Å². The average Bonchev–Trinajstić information content (AvgIpc) is 2.15. The highest BCUT2D eigenvalue weighted by atomic mass is 16.5. The molecule has 14 heavy (non-hydrogen) atoms. The van der Waals surface area contributed by atoms with Crippen LogP contribution in [0.2, 0.25) is 0 Å². The van der Waals surface area contributed by atoms with E-state index in [-0.39, 0.29) is 6.10 Å². The summed E-state index contributed by atoms with van der Waals surface area (Å²) in [6.45, 7) is 6.24. The third-order valence-corrected chi connectivity index (χ3v) is 2.02. The Balaban J connectivity index is 3.07. The van der Waals surface area contributed by atoms with Crippen LogP contribution in [-0.2, 0) is 4.74 Å². The van der Waals surface area contributed by atoms with E-state index in [2.05, 4.69) is 19.0 Å². The third-order valence-electron chi connectivity index (χ3n) is 2.02. The lowest BCUT2D eigenvalue weighted by molar-refractivity contribution is 0.204. The summed E-state index contributed by atoms with van der Waals surface area (Å²) in [5, 5.41) is 0. The number of hydrogen-bond donors (Lipinski definition) is 0. The molecular formula is C13H24O. The van der Waals surface area contributed by atoms with Gasteiger partial charge in [-0.05, 0) is 20.3 Å². The number of ether oxygens (including phenoxy) is 1. The van der Waals surface area contributed by atoms with E-state index in [1.165, 1.54) is 38.5 Å². The summed E-state index contributed by atoms with van der Waals surface area (Å²) in [7, 11) is 0. The second-order valence-electron chi connectivity index (χ2n) is 3.96. The van der Waals surface area contributed by atoms with E-state index >= 15 is 0 Å². The van der Waals surface area contributed by atoms with Crippen molar-refractivity contribution in [2.45, 2.75) is 71.8 Å². The predicted octanol–water partition coefficient (Wildman–Crippen LogP) is 4.12. The summed E-state index contributed by atoms with van der Waals surface area (Å²) >= 11 is 0. The molecule has 0 aliphatic heterocycles. The molecule has 0 saturated heterocycles. The molecule has 0 aliphatic rings. The maximum atomic E-state index is 5.13. The fraction of sp³-hybridized carbons (Fsp3) is 0.846. The molecule has 0 aromatic rings. The van der Waals surface area contributed by atoms with Crippen LogP contribution in [0.15, 0.2) is 0 Å². The van der Waals surface area contributed by atoms with E-state index in [1.807, 2.05) is 13.8 Å². The normalized spacial score (nSPS) is 9.71. The lowest BCUT2D eigenvalue weighted by Gasteiger charge is -1.98. The van der Waals surface area contributed by atoms with Gasteiger partial charge in [-0.15, -0.1) is 0 Å². The van der Waals surface area contributed by atoms with Crippen LogP contribution in [0.3, 0.4) is 0 Å². The molecular weight excluding hydrogens is 172 g/mol. The zero-order chi connectivity index (χ0) is 10.6. The fourth-order valence-electron chi connectivity index (χ4n) is 1.20. The third kappa shape index (κ3) is 11.4. The molecule has 0 fully saturated rings. The van der Waals surface area contributed by atoms with Crippen molar-refractivity contribution in [3.63, 3.8) is 0 Å². The van der Waals surface area contributed by atoms with Gasteiger partial charge in [0, 0.05) is 6.42 Å². The van der Waals surface area contributed by atoms with E-state index < -0.39 is 0 Å². The molecule has 0 radical (unpaired) electrons. The molecule has 0 spiro atoms. The minimum atomic E-state index is 0.229. The second-order valence-corrected chi connectivity index (χ2v) is 3.96. The Morgan fingerprint density at radius 2 is 1.64 bits per heavy atom. The Hall–Kier alpha value is -0.640. The van der Waals surface area contributed by atoms with Gasteiger partial charge in [-0.2, -0.15) is 0 Å². The van der Waals surface area contributed by atoms with Gasteiger partial charge in [0.1, 0.15) is 12.2 Å². The van der Waals surface area contributed by atoms with Crippen molar-refractivity contribution in [2.24, 2.45) is 0 Å². The number of rotatable bonds is 7. The Morgan fingerprint density at radius 3 is 2.29 bits per heavy atom. The van der Waals surface area contributed by atoms with Crippen LogP contribution in [0, 0.1) is 12.0 Å². The van der Waals surface area contributed by atoms with Gasteiger partial charge in [0.15, 0.2) is 0 Å². The van der Waals surface area contributed by atoms with Gasteiger partial charge in [-0.3, -0.25) is 0 Å². The van der Waals surface area contributed by atoms with Crippen molar-refractivity contribution in [1.29, 1.82) is 0 Å². The maximum Gasteiger partial charge on any atom is 0.110 e. The minimum Gasteiger partial charge on any atom is -0.444 e. The highest BCUT2D eigenvalue weighted by molar-refractivity contribution is 4.91. The van der Waals surface area contributed by atoms with Crippen LogP contribution >= 0.6 is 0 Å². The lowest BCUT2D eigenvalue weighted by atomic mass is 10.1. The Kier molecular flexibility index (Phi) is 9.96. The lowest BCUT2D eigenvalue weighted by Crippen LogP contribution is -1.94. The van der Waals surface area contributed by atoms with Crippen molar-refractivity contribution in [3.05, 3.63) is 0 Å². The summed E-state index contributed by atoms with van der Waals surface area (Å²) in [4.78, 5) is 0. The first kappa shape index (κ1) is 13.4. The Bertz CT molecular complexity index is 162. The number of unbranched alkanes of at least 4 members (excludes halogenated alkanes) is 6. The van der Waals surface area contributed by atoms with Crippen molar-refractivity contribution in [3.8, 4) is 12.0 Å². The molecule has 1 nitrogen and oxygen atoms in total. The van der Waals surface area contributed by atoms with Gasteiger partial charge in [-0.25, -0.2) is 0 Å². The maximum absolute atomic E-state index is 5.13. The highest BCUT2D eigenvalue weighted by Crippen LogP contribution is 2.06. The van der Waals surface area contributed by atoms with Crippen LogP contribution < -0.4 is 0 Å². The van der Waals surface area contributed by atoms with Crippen molar-refractivity contribution in [1.82, 2.24) is 0 Å². The fourth-order valence-corrected chi connectivity index (χ4v) is 1.20. The summed E-state index contributed by atoms with van der Waals surface area (Å²) in [6, 6.07) is 0. The van der Waals surface area contributed by atoms with E-state index in [0.717, 1.165) is 6.42 Å². The molecule has 0 heterocycles. The molecule has 0 amide bonds. The van der Waals surface area contributed by atoms with Gasteiger partial charge in [0.2, 0.25) is 0 Å². The standard InChI is InChI=1S/C13H24O/c1-4-5-6-7-8-9-10-11-12-14-13(2)3/h13H,4-10H2,1-3H3. The van der Waals surface area contributed by atoms with Crippen LogP contribution in [0.4, 0.5) is 0 Å². The molecule has 0 aromatic carbocycles. The Labute approximate surface area is 89.2 Å². The van der Waals surface area contributed by atoms with Crippen molar-refractivity contribution in [2.75, 3.05) is 0 Å². The number of hydrogen-bond acceptors (Lipinski definition) is 1. The summed E-state index contributed by atoms with van der Waals surface area (Å²) in [5.41, 5.74) is 0. The van der Waals surface area contributed by atoms with Gasteiger partial charge >= 0.3 is 0 Å². The zero-order valence-corrected chi connectivity index (χ0v) is 9.94. The van der Waals surface area contributed by atoms with E-state index in [9.17, 15) is 0 Å². The van der Waals surface area contributed by atoms with Gasteiger partial charge in [0.25, 0.3) is 0 Å². The van der Waals surface area contributed by atoms with Crippen LogP contribution in [0.1, 0.15) is 65.7 Å². The van der Waals surface area contributed by atoms with E-state index in [0.29, 0.717) is 0 Å². The minimum absolute atomic E-state index is 0.229. The van der Waals surface area contributed by atoms with E-state index in [4.69, 9.17) is 4.74 Å². The highest BCUT2D eigenvalue weighted by Gasteiger charge is 1.88. The summed E-state index contributed by atoms with van der Waals surface area (Å²) < 4.78 is 5.13. The molecule has 0 N–H and O–H groups in total. The van der Waals surface area contributed by atoms with Crippen LogP contribution in [0.25, 0.3) is 0 Å². The largest absolute Gasteiger partial charge is 0.444 e. The smallest absolute Gasteiger partial charge is 0.110 e. The molecule has 0 unspecified atom stereocenters. The first-order chi connectivity index (χ1) is 6.77. The van der Waals surface area contributed by atoms with E-state index in [1.54, 1.807) is 0 Å². The molecule has 0 aromatic heterocycles. The molecule has 0 aliphatic carbocycles. The van der Waals surface area contributed by atoms with Gasteiger partial charge < -0.3 is 4.74 Å². The first-order valence-corrected chi connectivity index (χ1v) is 5.91. The average molecular weight is 196 g/mol. The first-order valence-electron chi connectivity index (χ1n) is 5.91. The quantitative estimate of drug-likeness (QED) is 0.439. The molecule has 82 valence electrons. The molecule has 0 atom stereocenters. The summed E-state index contributed by atoms with van der Waals surface area (Å²) in [5.74, 6) is 3.04. The van der Waals surface area contributed by atoms with Gasteiger partial charge in [0.05, 0.1) is 0 Å². The van der Waals surface area contributed by atoms with Crippen molar-refractivity contribution < 1.29 is 4.74 Å². The SMILES string of the molecule is CCCCCCCCC#COC(C)C. The van der Waals surface area contributed by atoms with Crippen molar-refractivity contribution >= 4 is 0 Å². The topological polar surface area (TPSA) is 9.23 Å². The van der Waals surface area contributed by atoms with Gasteiger partial charge in [-0.1, -0.05) is 44.9 Å². The summed E-state index contributed by atoms with van der Waals surface area (Å²) in [6.07, 6.45) is 11.9. The second kappa shape index (κ2) is 10.4. The predicted molar refractivity (Wildman–Crippen MR) is 62.0 cm³/mol. The van der Waals surface area contributed by atoms with Crippen LogP contribution in [0.5, 0.6) is 0 Å². The Morgan fingerprint density at radius 1 is 1.00 bits per heavy atom. The monoisotopic (exact) mass is 196 g/mol. The zero-order valence-electron chi connectivity index (χ0n) is 9.94. The molecule has 0 saturated carbocycles. The molecule has 1 heteroatoms. The molecule has 0 bridgehead atoms.